The van der Waals surface area contributed by atoms with Gasteiger partial charge in [0.15, 0.2) is 0 Å². The summed E-state index contributed by atoms with van der Waals surface area (Å²) in [5, 5.41) is 2.95. The molecule has 2 rings (SSSR count). The molecule has 0 radical (unpaired) electrons. The first-order chi connectivity index (χ1) is 11.6. The number of nitrogens with one attached hydrogen (secondary N) is 1. The Morgan fingerprint density at radius 3 is 2.25 bits per heavy atom. The quantitative estimate of drug-likeness (QED) is 0.869. The summed E-state index contributed by atoms with van der Waals surface area (Å²) in [7, 11) is 1.62. The zero-order valence-corrected chi connectivity index (χ0v) is 14.9. The molecule has 0 aliphatic carbocycles. The maximum absolute atomic E-state index is 12.4. The van der Waals surface area contributed by atoms with Gasteiger partial charge in [-0.15, -0.1) is 0 Å². The number of likely N-dealkylation sites (tertiary alicyclic amines) is 1. The van der Waals surface area contributed by atoms with Gasteiger partial charge in [0.05, 0.1) is 7.11 Å². The lowest BCUT2D eigenvalue weighted by Gasteiger charge is -2.33. The topological polar surface area (TPSA) is 58.6 Å². The number of methoxy groups -OCH3 is 1. The van der Waals surface area contributed by atoms with Crippen molar-refractivity contribution in [1.29, 1.82) is 0 Å². The van der Waals surface area contributed by atoms with Crippen LogP contribution in [0.3, 0.4) is 0 Å². The molecule has 0 bridgehead atoms. The van der Waals surface area contributed by atoms with Crippen LogP contribution in [0.4, 0.5) is 5.69 Å². The van der Waals surface area contributed by atoms with E-state index in [9.17, 15) is 9.59 Å². The maximum Gasteiger partial charge on any atom is 0.227 e. The van der Waals surface area contributed by atoms with Crippen LogP contribution in [0, 0.1) is 11.8 Å². The van der Waals surface area contributed by atoms with Crippen molar-refractivity contribution in [3.63, 3.8) is 0 Å². The Hall–Kier alpha value is -2.04. The smallest absolute Gasteiger partial charge is 0.227 e. The Morgan fingerprint density at radius 1 is 1.17 bits per heavy atom. The third-order valence-electron chi connectivity index (χ3n) is 4.87. The van der Waals surface area contributed by atoms with Crippen molar-refractivity contribution in [2.75, 3.05) is 25.5 Å². The number of amides is 2. The van der Waals surface area contributed by atoms with Gasteiger partial charge in [0.2, 0.25) is 11.8 Å². The summed E-state index contributed by atoms with van der Waals surface area (Å²) in [5.74, 6) is 1.14. The van der Waals surface area contributed by atoms with Gasteiger partial charge in [0, 0.05) is 30.6 Å². The summed E-state index contributed by atoms with van der Waals surface area (Å²) >= 11 is 0. The lowest BCUT2D eigenvalue weighted by molar-refractivity contribution is -0.138. The van der Waals surface area contributed by atoms with Gasteiger partial charge in [-0.3, -0.25) is 9.59 Å². The second-order valence-corrected chi connectivity index (χ2v) is 6.33. The van der Waals surface area contributed by atoms with Crippen LogP contribution in [0.2, 0.25) is 0 Å². The Morgan fingerprint density at radius 2 is 1.75 bits per heavy atom. The molecule has 1 aliphatic heterocycles. The van der Waals surface area contributed by atoms with Gasteiger partial charge in [-0.05, 0) is 49.9 Å². The Balaban J connectivity index is 1.84. The summed E-state index contributed by atoms with van der Waals surface area (Å²) < 4.78 is 5.11. The molecule has 0 aromatic heterocycles. The molecule has 0 spiro atoms. The third kappa shape index (κ3) is 4.49. The minimum absolute atomic E-state index is 0.0298. The number of rotatable bonds is 6. The van der Waals surface area contributed by atoms with Gasteiger partial charge in [-0.1, -0.05) is 13.8 Å². The van der Waals surface area contributed by atoms with E-state index in [0.717, 1.165) is 37.1 Å². The molecule has 24 heavy (non-hydrogen) atoms. The van der Waals surface area contributed by atoms with Gasteiger partial charge in [0.25, 0.3) is 0 Å². The lowest BCUT2D eigenvalue weighted by Crippen LogP contribution is -2.43. The maximum atomic E-state index is 12.4. The number of hydrogen-bond acceptors (Lipinski definition) is 3. The van der Waals surface area contributed by atoms with Gasteiger partial charge in [-0.2, -0.15) is 0 Å². The molecule has 1 fully saturated rings. The number of anilines is 1. The van der Waals surface area contributed by atoms with Crippen LogP contribution in [0.15, 0.2) is 24.3 Å². The number of piperidine rings is 1. The van der Waals surface area contributed by atoms with Crippen LogP contribution < -0.4 is 10.1 Å². The minimum Gasteiger partial charge on any atom is -0.497 e. The first-order valence-electron chi connectivity index (χ1n) is 8.82. The summed E-state index contributed by atoms with van der Waals surface area (Å²) in [6.07, 6.45) is 3.22. The number of ether oxygens (including phenoxy) is 1. The van der Waals surface area contributed by atoms with Crippen LogP contribution in [0.5, 0.6) is 5.75 Å². The number of nitrogens with zero attached hydrogens (tertiary/aromatic N) is 1. The predicted octanol–water partition coefficient (Wildman–Crippen LogP) is 3.31. The fraction of sp³-hybridized carbons (Fsp3) is 0.579. The molecule has 5 nitrogen and oxygen atoms in total. The molecule has 0 unspecified atom stereocenters. The first kappa shape index (κ1) is 18.3. The van der Waals surface area contributed by atoms with Crippen molar-refractivity contribution >= 4 is 17.5 Å². The van der Waals surface area contributed by atoms with Gasteiger partial charge < -0.3 is 15.0 Å². The SMILES string of the molecule is CCC(CC)C(=O)N1CCC(C(=O)Nc2ccc(OC)cc2)CC1. The van der Waals surface area contributed by atoms with E-state index in [1.165, 1.54) is 0 Å². The average molecular weight is 332 g/mol. The van der Waals surface area contributed by atoms with Crippen molar-refractivity contribution in [3.8, 4) is 5.75 Å². The highest BCUT2D eigenvalue weighted by Crippen LogP contribution is 2.23. The van der Waals surface area contributed by atoms with Crippen molar-refractivity contribution in [2.45, 2.75) is 39.5 Å². The molecule has 2 amide bonds. The summed E-state index contributed by atoms with van der Waals surface area (Å²) in [6, 6.07) is 7.32. The van der Waals surface area contributed by atoms with Gasteiger partial charge in [0.1, 0.15) is 5.75 Å². The fourth-order valence-corrected chi connectivity index (χ4v) is 3.18. The molecular weight excluding hydrogens is 304 g/mol. The molecule has 1 N–H and O–H groups in total. The first-order valence-corrected chi connectivity index (χ1v) is 8.82. The zero-order valence-electron chi connectivity index (χ0n) is 14.9. The molecule has 1 heterocycles. The molecule has 132 valence electrons. The standard InChI is InChI=1S/C19H28N2O3/c1-4-14(5-2)19(23)21-12-10-15(11-13-21)18(22)20-16-6-8-17(24-3)9-7-16/h6-9,14-15H,4-5,10-13H2,1-3H3,(H,20,22). The highest BCUT2D eigenvalue weighted by molar-refractivity contribution is 5.92. The summed E-state index contributed by atoms with van der Waals surface area (Å²) in [6.45, 7) is 5.47. The highest BCUT2D eigenvalue weighted by atomic mass is 16.5. The van der Waals surface area contributed by atoms with Crippen molar-refractivity contribution in [1.82, 2.24) is 4.90 Å². The Kier molecular flexibility index (Phi) is 6.64. The molecule has 5 heteroatoms. The number of benzene rings is 1. The zero-order chi connectivity index (χ0) is 17.5. The highest BCUT2D eigenvalue weighted by Gasteiger charge is 2.29. The summed E-state index contributed by atoms with van der Waals surface area (Å²) in [4.78, 5) is 26.7. The van der Waals surface area contributed by atoms with Crippen molar-refractivity contribution in [2.24, 2.45) is 11.8 Å². The molecule has 1 aliphatic rings. The number of carbonyl (C=O) groups excluding carboxylic acids is 2. The number of carbonyl (C=O) groups is 2. The molecular formula is C19H28N2O3. The van der Waals surface area contributed by atoms with Crippen molar-refractivity contribution in [3.05, 3.63) is 24.3 Å². The van der Waals surface area contributed by atoms with E-state index in [1.807, 2.05) is 29.2 Å². The van der Waals surface area contributed by atoms with Gasteiger partial charge >= 0.3 is 0 Å². The fourth-order valence-electron chi connectivity index (χ4n) is 3.18. The Labute approximate surface area is 144 Å². The molecule has 1 saturated heterocycles. The minimum atomic E-state index is -0.0298. The largest absolute Gasteiger partial charge is 0.497 e. The van der Waals surface area contributed by atoms with Gasteiger partial charge in [-0.25, -0.2) is 0 Å². The lowest BCUT2D eigenvalue weighted by atomic mass is 9.93. The summed E-state index contributed by atoms with van der Waals surface area (Å²) in [5.41, 5.74) is 0.774. The van der Waals surface area contributed by atoms with E-state index >= 15 is 0 Å². The monoisotopic (exact) mass is 332 g/mol. The average Bonchev–Trinajstić information content (AvgIpc) is 2.63. The van der Waals surface area contributed by atoms with Crippen LogP contribution in [-0.4, -0.2) is 36.9 Å². The third-order valence-corrected chi connectivity index (χ3v) is 4.87. The number of hydrogen-bond donors (Lipinski definition) is 1. The predicted molar refractivity (Wildman–Crippen MR) is 95.0 cm³/mol. The molecule has 0 saturated carbocycles. The molecule has 1 aromatic carbocycles. The second-order valence-electron chi connectivity index (χ2n) is 6.33. The Bertz CT molecular complexity index is 544. The van der Waals surface area contributed by atoms with E-state index in [-0.39, 0.29) is 23.7 Å². The molecule has 1 aromatic rings. The van der Waals surface area contributed by atoms with Crippen molar-refractivity contribution < 1.29 is 14.3 Å². The van der Waals surface area contributed by atoms with Crippen LogP contribution in [0.1, 0.15) is 39.5 Å². The van der Waals surface area contributed by atoms with Crippen LogP contribution in [-0.2, 0) is 9.59 Å². The van der Waals surface area contributed by atoms with E-state index < -0.39 is 0 Å². The van der Waals surface area contributed by atoms with Crippen LogP contribution >= 0.6 is 0 Å². The normalized spacial score (nSPS) is 15.4. The van der Waals surface area contributed by atoms with E-state index in [2.05, 4.69) is 19.2 Å². The van der Waals surface area contributed by atoms with E-state index in [4.69, 9.17) is 4.74 Å². The van der Waals surface area contributed by atoms with E-state index in [1.54, 1.807) is 7.11 Å². The van der Waals surface area contributed by atoms with Crippen LogP contribution in [0.25, 0.3) is 0 Å². The van der Waals surface area contributed by atoms with E-state index in [0.29, 0.717) is 13.1 Å². The molecule has 0 atom stereocenters. The second kappa shape index (κ2) is 8.71.